The van der Waals surface area contributed by atoms with Crippen LogP contribution in [0.25, 0.3) is 0 Å². The van der Waals surface area contributed by atoms with Crippen molar-refractivity contribution in [2.24, 2.45) is 5.73 Å². The van der Waals surface area contributed by atoms with Crippen LogP contribution in [-0.4, -0.2) is 125 Å². The van der Waals surface area contributed by atoms with E-state index in [2.05, 4.69) is 10.6 Å². The van der Waals surface area contributed by atoms with Gasteiger partial charge in [0.2, 0.25) is 11.8 Å². The molecular weight excluding hydrogens is 434 g/mol. The predicted molar refractivity (Wildman–Crippen MR) is 105 cm³/mol. The lowest BCUT2D eigenvalue weighted by molar-refractivity contribution is -0.328. The van der Waals surface area contributed by atoms with E-state index in [1.54, 1.807) is 0 Å². The summed E-state index contributed by atoms with van der Waals surface area (Å²) in [7, 11) is 0. The van der Waals surface area contributed by atoms with Gasteiger partial charge in [0.05, 0.1) is 19.8 Å². The molecule has 2 amide bonds. The lowest BCUT2D eigenvalue weighted by Crippen LogP contribution is -2.69. The minimum absolute atomic E-state index is 0.0354. The monoisotopic (exact) mass is 467 g/mol. The first-order valence-corrected chi connectivity index (χ1v) is 10.2. The van der Waals surface area contributed by atoms with Crippen LogP contribution in [0.5, 0.6) is 0 Å². The van der Waals surface area contributed by atoms with Crippen LogP contribution in [0, 0.1) is 0 Å². The van der Waals surface area contributed by atoms with Crippen molar-refractivity contribution in [1.29, 1.82) is 0 Å². The Morgan fingerprint density at radius 2 is 1.41 bits per heavy atom. The van der Waals surface area contributed by atoms with Crippen molar-refractivity contribution in [3.05, 3.63) is 0 Å². The van der Waals surface area contributed by atoms with Crippen molar-refractivity contribution in [2.45, 2.75) is 75.1 Å². The van der Waals surface area contributed by atoms with Gasteiger partial charge in [-0.3, -0.25) is 9.59 Å². The average Bonchev–Trinajstić information content (AvgIpc) is 2.74. The summed E-state index contributed by atoms with van der Waals surface area (Å²) in [4.78, 5) is 23.4. The normalized spacial score (nSPS) is 40.0. The Hall–Kier alpha value is -1.46. The van der Waals surface area contributed by atoms with Crippen LogP contribution < -0.4 is 16.4 Å². The molecule has 186 valence electrons. The summed E-state index contributed by atoms with van der Waals surface area (Å²) < 4.78 is 22.5. The first-order chi connectivity index (χ1) is 15.1. The fraction of sp³-hybridized carbons (Fsp3) is 0.889. The van der Waals surface area contributed by atoms with Crippen molar-refractivity contribution >= 4 is 11.8 Å². The maximum Gasteiger partial charge on any atom is 0.217 e. The maximum atomic E-state index is 11.8. The van der Waals surface area contributed by atoms with Crippen LogP contribution in [0.3, 0.4) is 0 Å². The van der Waals surface area contributed by atoms with Crippen molar-refractivity contribution in [3.63, 3.8) is 0 Å². The number of nitrogens with two attached hydrogens (primary N) is 1. The molecule has 9 N–H and O–H groups in total. The topological polar surface area (TPSA) is 222 Å². The van der Waals surface area contributed by atoms with Gasteiger partial charge in [0.1, 0.15) is 48.7 Å². The van der Waals surface area contributed by atoms with E-state index >= 15 is 0 Å². The zero-order valence-electron chi connectivity index (χ0n) is 17.9. The number of aliphatic hydroxyl groups is 5. The van der Waals surface area contributed by atoms with E-state index in [9.17, 15) is 35.1 Å². The molecule has 0 aromatic rings. The zero-order chi connectivity index (χ0) is 24.0. The molecule has 0 bridgehead atoms. The number of hydrogen-bond donors (Lipinski definition) is 8. The van der Waals surface area contributed by atoms with Crippen LogP contribution >= 0.6 is 0 Å². The van der Waals surface area contributed by atoms with Crippen LogP contribution in [0.15, 0.2) is 0 Å². The van der Waals surface area contributed by atoms with Crippen LogP contribution in [0.4, 0.5) is 0 Å². The minimum atomic E-state index is -1.58. The molecule has 14 nitrogen and oxygen atoms in total. The molecule has 2 aliphatic heterocycles. The summed E-state index contributed by atoms with van der Waals surface area (Å²) in [5.41, 5.74) is 5.46. The van der Waals surface area contributed by atoms with Gasteiger partial charge in [0, 0.05) is 20.4 Å². The Kier molecular flexibility index (Phi) is 10.2. The van der Waals surface area contributed by atoms with Crippen molar-refractivity contribution in [2.75, 3.05) is 26.4 Å². The lowest BCUT2D eigenvalue weighted by Gasteiger charge is -2.48. The van der Waals surface area contributed by atoms with Gasteiger partial charge in [-0.2, -0.15) is 0 Å². The van der Waals surface area contributed by atoms with Crippen molar-refractivity contribution in [1.82, 2.24) is 10.6 Å². The summed E-state index contributed by atoms with van der Waals surface area (Å²) in [6.07, 6.45) is -11.0. The zero-order valence-corrected chi connectivity index (χ0v) is 17.9. The smallest absolute Gasteiger partial charge is 0.217 e. The van der Waals surface area contributed by atoms with Gasteiger partial charge < -0.3 is 60.8 Å². The quantitative estimate of drug-likeness (QED) is 0.159. The fourth-order valence-electron chi connectivity index (χ4n) is 3.69. The van der Waals surface area contributed by atoms with E-state index < -0.39 is 86.3 Å². The molecular formula is C18H33N3O11. The Balaban J connectivity index is 2.36. The molecule has 10 unspecified atom stereocenters. The van der Waals surface area contributed by atoms with Gasteiger partial charge >= 0.3 is 0 Å². The molecule has 32 heavy (non-hydrogen) atoms. The number of carbonyl (C=O) groups excluding carboxylic acids is 2. The third kappa shape index (κ3) is 6.32. The van der Waals surface area contributed by atoms with E-state index in [-0.39, 0.29) is 13.2 Å². The predicted octanol–water partition coefficient (Wildman–Crippen LogP) is -5.13. The van der Waals surface area contributed by atoms with E-state index in [1.165, 1.54) is 13.8 Å². The summed E-state index contributed by atoms with van der Waals surface area (Å²) in [5.74, 6) is -1.07. The highest BCUT2D eigenvalue weighted by atomic mass is 16.7. The molecule has 0 radical (unpaired) electrons. The Labute approximate surface area is 184 Å². The highest BCUT2D eigenvalue weighted by molar-refractivity contribution is 5.73. The molecule has 0 aliphatic carbocycles. The Bertz CT molecular complexity index is 627. The van der Waals surface area contributed by atoms with Gasteiger partial charge in [0.15, 0.2) is 12.6 Å². The standard InChI is InChI=1S/C18H33N3O11/c1-7(24)20-11-15(28)13(26)9(5-22)31-18(11)32-16-12(21-8(2)25)17(29-4-3-19)30-10(6-23)14(16)27/h9-18,22-23,26-28H,3-6,19H2,1-2H3,(H,20,24)(H,21,25). The number of hydrogen-bond acceptors (Lipinski definition) is 12. The van der Waals surface area contributed by atoms with Gasteiger partial charge in [0.25, 0.3) is 0 Å². The highest BCUT2D eigenvalue weighted by Gasteiger charge is 2.52. The molecule has 0 spiro atoms. The van der Waals surface area contributed by atoms with E-state index in [4.69, 9.17) is 24.7 Å². The molecule has 2 fully saturated rings. The van der Waals surface area contributed by atoms with Crippen LogP contribution in [-0.2, 0) is 28.5 Å². The molecule has 0 saturated carbocycles. The second-order valence-corrected chi connectivity index (χ2v) is 7.64. The second kappa shape index (κ2) is 12.1. The third-order valence-corrected chi connectivity index (χ3v) is 5.17. The first kappa shape index (κ1) is 26.8. The van der Waals surface area contributed by atoms with Crippen LogP contribution in [0.1, 0.15) is 13.8 Å². The number of nitrogens with one attached hydrogen (secondary N) is 2. The summed E-state index contributed by atoms with van der Waals surface area (Å²) in [6, 6.07) is -2.38. The molecule has 14 heteroatoms. The first-order valence-electron chi connectivity index (χ1n) is 10.2. The number of carbonyl (C=O) groups is 2. The van der Waals surface area contributed by atoms with Gasteiger partial charge in [-0.25, -0.2) is 0 Å². The van der Waals surface area contributed by atoms with Gasteiger partial charge in [-0.1, -0.05) is 0 Å². The summed E-state index contributed by atoms with van der Waals surface area (Å²) in [6.45, 7) is 1.28. The van der Waals surface area contributed by atoms with Crippen LogP contribution in [0.2, 0.25) is 0 Å². The number of rotatable bonds is 9. The van der Waals surface area contributed by atoms with Gasteiger partial charge in [-0.15, -0.1) is 0 Å². The Morgan fingerprint density at radius 3 is 1.94 bits per heavy atom. The molecule has 0 aromatic heterocycles. The van der Waals surface area contributed by atoms with Crippen molar-refractivity contribution < 1.29 is 54.1 Å². The fourth-order valence-corrected chi connectivity index (χ4v) is 3.69. The number of ether oxygens (including phenoxy) is 4. The number of aliphatic hydroxyl groups excluding tert-OH is 5. The third-order valence-electron chi connectivity index (χ3n) is 5.17. The minimum Gasteiger partial charge on any atom is -0.394 e. The molecule has 2 heterocycles. The molecule has 0 aromatic carbocycles. The second-order valence-electron chi connectivity index (χ2n) is 7.64. The largest absolute Gasteiger partial charge is 0.394 e. The number of amides is 2. The lowest BCUT2D eigenvalue weighted by atomic mass is 9.94. The maximum absolute atomic E-state index is 11.8. The Morgan fingerprint density at radius 1 is 0.875 bits per heavy atom. The van der Waals surface area contributed by atoms with E-state index in [1.807, 2.05) is 0 Å². The highest BCUT2D eigenvalue weighted by Crippen LogP contribution is 2.29. The van der Waals surface area contributed by atoms with E-state index in [0.717, 1.165) is 0 Å². The molecule has 2 rings (SSSR count). The summed E-state index contributed by atoms with van der Waals surface area (Å²) >= 11 is 0. The van der Waals surface area contributed by atoms with E-state index in [0.29, 0.717) is 0 Å². The van der Waals surface area contributed by atoms with Crippen molar-refractivity contribution in [3.8, 4) is 0 Å². The molecule has 2 aliphatic rings. The van der Waals surface area contributed by atoms with Gasteiger partial charge in [-0.05, 0) is 0 Å². The molecule has 2 saturated heterocycles. The SMILES string of the molecule is CC(=O)NC1C(OC2C(O)C(CO)OC(OCCN)C2NC(C)=O)OC(CO)C(O)C1O. The molecule has 10 atom stereocenters. The summed E-state index contributed by atoms with van der Waals surface area (Å²) in [5, 5.41) is 55.4. The average molecular weight is 467 g/mol.